The zero-order valence-electron chi connectivity index (χ0n) is 13.0. The van der Waals surface area contributed by atoms with E-state index in [0.717, 1.165) is 42.2 Å². The van der Waals surface area contributed by atoms with Gasteiger partial charge in [0, 0.05) is 10.8 Å². The zero-order valence-corrected chi connectivity index (χ0v) is 13.8. The summed E-state index contributed by atoms with van der Waals surface area (Å²) in [5.41, 5.74) is 1.94. The Bertz CT molecular complexity index is 657. The molecule has 3 nitrogen and oxygen atoms in total. The van der Waals surface area contributed by atoms with Crippen molar-refractivity contribution in [2.75, 3.05) is 5.32 Å². The predicted octanol–water partition coefficient (Wildman–Crippen LogP) is 4.12. The summed E-state index contributed by atoms with van der Waals surface area (Å²) in [6.45, 7) is 2.27. The molecule has 0 aromatic carbocycles. The van der Waals surface area contributed by atoms with E-state index >= 15 is 0 Å². The van der Waals surface area contributed by atoms with E-state index in [1.165, 1.54) is 29.7 Å². The summed E-state index contributed by atoms with van der Waals surface area (Å²) >= 11 is 1.64. The molecule has 116 valence electrons. The van der Waals surface area contributed by atoms with E-state index in [1.807, 2.05) is 0 Å². The van der Waals surface area contributed by atoms with Gasteiger partial charge in [-0.05, 0) is 61.8 Å². The van der Waals surface area contributed by atoms with Crippen LogP contribution in [-0.2, 0) is 17.6 Å². The first kappa shape index (κ1) is 14.3. The second-order valence-corrected chi connectivity index (χ2v) is 8.54. The molecule has 0 saturated heterocycles. The van der Waals surface area contributed by atoms with E-state index in [0.29, 0.717) is 11.8 Å². The van der Waals surface area contributed by atoms with Gasteiger partial charge in [-0.3, -0.25) is 4.79 Å². The zero-order chi connectivity index (χ0) is 15.3. The van der Waals surface area contributed by atoms with E-state index in [1.54, 1.807) is 11.3 Å². The topological polar surface area (TPSA) is 52.9 Å². The molecule has 4 atom stereocenters. The minimum atomic E-state index is 0.162. The van der Waals surface area contributed by atoms with E-state index in [4.69, 9.17) is 0 Å². The molecule has 22 heavy (non-hydrogen) atoms. The summed E-state index contributed by atoms with van der Waals surface area (Å²) in [5.74, 6) is 2.39. The Labute approximate surface area is 135 Å². The Hall–Kier alpha value is -1.34. The molecule has 0 spiro atoms. The molecule has 1 N–H and O–H groups in total. The fourth-order valence-electron chi connectivity index (χ4n) is 4.73. The van der Waals surface area contributed by atoms with Crippen LogP contribution in [0.15, 0.2) is 0 Å². The van der Waals surface area contributed by atoms with Gasteiger partial charge in [0.15, 0.2) is 0 Å². The number of carbonyl (C=O) groups is 1. The molecular formula is C18H22N2OS. The second-order valence-electron chi connectivity index (χ2n) is 7.44. The molecule has 2 saturated carbocycles. The van der Waals surface area contributed by atoms with Crippen molar-refractivity contribution in [3.63, 3.8) is 0 Å². The highest BCUT2D eigenvalue weighted by Crippen LogP contribution is 2.49. The first-order valence-electron chi connectivity index (χ1n) is 8.51. The van der Waals surface area contributed by atoms with Gasteiger partial charge in [-0.1, -0.05) is 13.3 Å². The molecule has 3 aliphatic carbocycles. The number of carbonyl (C=O) groups excluding carboxylic acids is 1. The van der Waals surface area contributed by atoms with Crippen LogP contribution in [0.5, 0.6) is 0 Å². The summed E-state index contributed by atoms with van der Waals surface area (Å²) in [7, 11) is 0. The fraction of sp³-hybridized carbons (Fsp3) is 0.667. The molecule has 4 rings (SSSR count). The maximum absolute atomic E-state index is 12.6. The Balaban J connectivity index is 1.56. The Kier molecular flexibility index (Phi) is 3.49. The third-order valence-corrected chi connectivity index (χ3v) is 7.10. The van der Waals surface area contributed by atoms with Crippen LogP contribution in [0.2, 0.25) is 0 Å². The van der Waals surface area contributed by atoms with Crippen molar-refractivity contribution in [2.45, 2.75) is 51.9 Å². The molecule has 3 aliphatic rings. The number of nitrogens with zero attached hydrogens (tertiary/aromatic N) is 1. The quantitative estimate of drug-likeness (QED) is 0.892. The standard InChI is InChI=1S/C18H22N2OS/c1-10-2-5-13-15(9-19)18(22-16(13)6-10)20-17(21)14-8-11-3-4-12(14)7-11/h10-12,14H,2-8H2,1H3,(H,20,21)/t10-,11-,12-,14+/m0/s1. The van der Waals surface area contributed by atoms with Crippen molar-refractivity contribution in [3.8, 4) is 6.07 Å². The number of nitriles is 1. The normalized spacial score (nSPS) is 32.5. The van der Waals surface area contributed by atoms with Crippen molar-refractivity contribution in [3.05, 3.63) is 16.0 Å². The second kappa shape index (κ2) is 5.38. The summed E-state index contributed by atoms with van der Waals surface area (Å²) in [6, 6.07) is 2.34. The van der Waals surface area contributed by atoms with Crippen LogP contribution in [0.25, 0.3) is 0 Å². The van der Waals surface area contributed by atoms with Crippen LogP contribution >= 0.6 is 11.3 Å². The van der Waals surface area contributed by atoms with Crippen molar-refractivity contribution in [2.24, 2.45) is 23.7 Å². The number of thiophene rings is 1. The number of anilines is 1. The Morgan fingerprint density at radius 3 is 2.86 bits per heavy atom. The summed E-state index contributed by atoms with van der Waals surface area (Å²) < 4.78 is 0. The van der Waals surface area contributed by atoms with Crippen molar-refractivity contribution in [1.82, 2.24) is 0 Å². The van der Waals surface area contributed by atoms with Crippen LogP contribution in [-0.4, -0.2) is 5.91 Å². The lowest BCUT2D eigenvalue weighted by Gasteiger charge is -2.20. The highest BCUT2D eigenvalue weighted by atomic mass is 32.1. The van der Waals surface area contributed by atoms with Gasteiger partial charge in [0.05, 0.1) is 5.56 Å². The lowest BCUT2D eigenvalue weighted by Crippen LogP contribution is -2.27. The third-order valence-electron chi connectivity index (χ3n) is 5.94. The van der Waals surface area contributed by atoms with Gasteiger partial charge in [0.25, 0.3) is 0 Å². The van der Waals surface area contributed by atoms with Crippen LogP contribution < -0.4 is 5.32 Å². The number of hydrogen-bond donors (Lipinski definition) is 1. The van der Waals surface area contributed by atoms with E-state index in [-0.39, 0.29) is 11.8 Å². The van der Waals surface area contributed by atoms with Gasteiger partial charge in [-0.15, -0.1) is 11.3 Å². The van der Waals surface area contributed by atoms with Gasteiger partial charge in [-0.2, -0.15) is 5.26 Å². The van der Waals surface area contributed by atoms with Crippen molar-refractivity contribution >= 4 is 22.2 Å². The van der Waals surface area contributed by atoms with Crippen LogP contribution in [0, 0.1) is 35.0 Å². The third kappa shape index (κ3) is 2.27. The minimum absolute atomic E-state index is 0.162. The van der Waals surface area contributed by atoms with Gasteiger partial charge >= 0.3 is 0 Å². The average Bonchev–Trinajstić information content (AvgIpc) is 3.19. The molecule has 2 bridgehead atoms. The smallest absolute Gasteiger partial charge is 0.228 e. The Morgan fingerprint density at radius 1 is 1.32 bits per heavy atom. The Morgan fingerprint density at radius 2 is 2.18 bits per heavy atom. The van der Waals surface area contributed by atoms with Gasteiger partial charge < -0.3 is 5.32 Å². The average molecular weight is 314 g/mol. The predicted molar refractivity (Wildman–Crippen MR) is 87.8 cm³/mol. The monoisotopic (exact) mass is 314 g/mol. The van der Waals surface area contributed by atoms with E-state index in [9.17, 15) is 10.1 Å². The number of rotatable bonds is 2. The molecule has 0 radical (unpaired) electrons. The van der Waals surface area contributed by atoms with Gasteiger partial charge in [0.1, 0.15) is 11.1 Å². The van der Waals surface area contributed by atoms with Crippen LogP contribution in [0.3, 0.4) is 0 Å². The van der Waals surface area contributed by atoms with Gasteiger partial charge in [0.2, 0.25) is 5.91 Å². The van der Waals surface area contributed by atoms with Crippen LogP contribution in [0.1, 0.15) is 55.0 Å². The first-order chi connectivity index (χ1) is 10.7. The molecule has 0 unspecified atom stereocenters. The lowest BCUT2D eigenvalue weighted by atomic mass is 9.88. The largest absolute Gasteiger partial charge is 0.316 e. The van der Waals surface area contributed by atoms with E-state index in [2.05, 4.69) is 18.3 Å². The highest BCUT2D eigenvalue weighted by molar-refractivity contribution is 7.16. The van der Waals surface area contributed by atoms with Gasteiger partial charge in [-0.25, -0.2) is 0 Å². The van der Waals surface area contributed by atoms with E-state index < -0.39 is 0 Å². The first-order valence-corrected chi connectivity index (χ1v) is 9.32. The molecule has 1 heterocycles. The molecule has 2 fully saturated rings. The number of fused-ring (bicyclic) bond motifs is 3. The summed E-state index contributed by atoms with van der Waals surface area (Å²) in [6.07, 6.45) is 8.01. The lowest BCUT2D eigenvalue weighted by molar-refractivity contribution is -0.121. The van der Waals surface area contributed by atoms with Crippen LogP contribution in [0.4, 0.5) is 5.00 Å². The van der Waals surface area contributed by atoms with Crippen molar-refractivity contribution < 1.29 is 4.79 Å². The highest BCUT2D eigenvalue weighted by Gasteiger charge is 2.43. The number of hydrogen-bond acceptors (Lipinski definition) is 3. The number of amides is 1. The maximum Gasteiger partial charge on any atom is 0.228 e. The fourth-order valence-corrected chi connectivity index (χ4v) is 6.09. The molecule has 1 amide bonds. The summed E-state index contributed by atoms with van der Waals surface area (Å²) in [4.78, 5) is 14.0. The minimum Gasteiger partial charge on any atom is -0.316 e. The molecule has 0 aliphatic heterocycles. The summed E-state index contributed by atoms with van der Waals surface area (Å²) in [5, 5.41) is 13.4. The molecule has 4 heteroatoms. The maximum atomic E-state index is 12.6. The van der Waals surface area contributed by atoms with Crippen molar-refractivity contribution in [1.29, 1.82) is 5.26 Å². The molecule has 1 aromatic heterocycles. The molecule has 1 aromatic rings. The number of nitrogens with one attached hydrogen (secondary N) is 1. The molecular weight excluding hydrogens is 292 g/mol. The SMILES string of the molecule is C[C@H]1CCc2c(sc(NC(=O)[C@@H]3C[C@H]4CC[C@H]3C4)c2C#N)C1.